The number of hydrogen-bond donors (Lipinski definition) is 1. The number of rotatable bonds is 2. The molecule has 1 N–H and O–H groups in total. The van der Waals surface area contributed by atoms with Crippen LogP contribution >= 0.6 is 0 Å². The Morgan fingerprint density at radius 3 is 2.62 bits per heavy atom. The molecule has 3 rings (SSSR count). The van der Waals surface area contributed by atoms with E-state index >= 15 is 0 Å². The molecule has 0 bridgehead atoms. The number of alkyl halides is 3. The Bertz CT molecular complexity index is 622. The summed E-state index contributed by atoms with van der Waals surface area (Å²) in [6.45, 7) is 8.67. The minimum Gasteiger partial charge on any atom is -0.365 e. The van der Waals surface area contributed by atoms with Crippen molar-refractivity contribution in [1.82, 2.24) is 5.32 Å². The predicted molar refractivity (Wildman–Crippen MR) is 92.1 cm³/mol. The first-order valence-electron chi connectivity index (χ1n) is 8.59. The lowest BCUT2D eigenvalue weighted by molar-refractivity contribution is -0.137. The van der Waals surface area contributed by atoms with Crippen LogP contribution in [0.1, 0.15) is 50.7 Å². The first-order chi connectivity index (χ1) is 11.2. The number of nitrogens with zero attached hydrogens (tertiary/aromatic N) is 1. The van der Waals surface area contributed by atoms with Crippen LogP contribution in [-0.2, 0) is 6.18 Å². The van der Waals surface area contributed by atoms with Gasteiger partial charge in [-0.3, -0.25) is 0 Å². The maximum Gasteiger partial charge on any atom is 0.416 e. The molecule has 24 heavy (non-hydrogen) atoms. The summed E-state index contributed by atoms with van der Waals surface area (Å²) in [5.41, 5.74) is 0.346. The van der Waals surface area contributed by atoms with E-state index < -0.39 is 11.7 Å². The molecular formula is C19H25F3N2. The highest BCUT2D eigenvalue weighted by molar-refractivity contribution is 5.62. The van der Waals surface area contributed by atoms with E-state index in [9.17, 15) is 13.2 Å². The number of fused-ring (bicyclic) bond motifs is 1. The SMILES string of the molecule is C=Cc1cc(N2CC(C)(C)N[C@H]3CCCC[C@@H]32)ccc1C(F)(F)F. The van der Waals surface area contributed by atoms with Crippen LogP contribution in [0.25, 0.3) is 6.08 Å². The molecule has 0 unspecified atom stereocenters. The summed E-state index contributed by atoms with van der Waals surface area (Å²) in [5, 5.41) is 3.72. The average Bonchev–Trinajstić information content (AvgIpc) is 2.51. The summed E-state index contributed by atoms with van der Waals surface area (Å²) in [4.78, 5) is 2.30. The Hall–Kier alpha value is -1.49. The molecule has 0 spiro atoms. The van der Waals surface area contributed by atoms with E-state index in [0.29, 0.717) is 12.1 Å². The van der Waals surface area contributed by atoms with Crippen molar-refractivity contribution in [3.05, 3.63) is 35.9 Å². The van der Waals surface area contributed by atoms with E-state index in [0.717, 1.165) is 25.1 Å². The van der Waals surface area contributed by atoms with Gasteiger partial charge < -0.3 is 10.2 Å². The molecule has 0 amide bonds. The highest BCUT2D eigenvalue weighted by Crippen LogP contribution is 2.38. The van der Waals surface area contributed by atoms with Crippen molar-refractivity contribution in [3.63, 3.8) is 0 Å². The first kappa shape index (κ1) is 17.3. The van der Waals surface area contributed by atoms with Crippen molar-refractivity contribution < 1.29 is 13.2 Å². The second kappa shape index (κ2) is 6.10. The van der Waals surface area contributed by atoms with Gasteiger partial charge in [0.15, 0.2) is 0 Å². The fraction of sp³-hybridized carbons (Fsp3) is 0.579. The van der Waals surface area contributed by atoms with Gasteiger partial charge in [0.05, 0.1) is 5.56 Å². The van der Waals surface area contributed by atoms with Crippen molar-refractivity contribution in [2.75, 3.05) is 11.4 Å². The zero-order valence-electron chi connectivity index (χ0n) is 14.3. The van der Waals surface area contributed by atoms with E-state index in [4.69, 9.17) is 0 Å². The molecule has 0 radical (unpaired) electrons. The normalized spacial score (nSPS) is 26.8. The first-order valence-corrected chi connectivity index (χ1v) is 8.59. The van der Waals surface area contributed by atoms with E-state index in [1.165, 1.54) is 25.0 Å². The zero-order valence-corrected chi connectivity index (χ0v) is 14.3. The summed E-state index contributed by atoms with van der Waals surface area (Å²) in [7, 11) is 0. The largest absolute Gasteiger partial charge is 0.416 e. The molecule has 2 nitrogen and oxygen atoms in total. The standard InChI is InChI=1S/C19H25F3N2/c1-4-13-11-14(9-10-15(13)19(20,21)22)24-12-18(2,3)23-16-7-5-6-8-17(16)24/h4,9-11,16-17,23H,1,5-8,12H2,2-3H3/t16-,17-/m0/s1. The van der Waals surface area contributed by atoms with Crippen molar-refractivity contribution in [2.45, 2.75) is 63.3 Å². The van der Waals surface area contributed by atoms with Gasteiger partial charge in [-0.1, -0.05) is 25.5 Å². The highest BCUT2D eigenvalue weighted by atomic mass is 19.4. The molecule has 132 valence electrons. The number of halogens is 3. The number of hydrogen-bond acceptors (Lipinski definition) is 2. The van der Waals surface area contributed by atoms with Crippen molar-refractivity contribution in [2.24, 2.45) is 0 Å². The third-order valence-corrected chi connectivity index (χ3v) is 5.16. The molecule has 0 aromatic heterocycles. The summed E-state index contributed by atoms with van der Waals surface area (Å²) in [5.74, 6) is 0. The van der Waals surface area contributed by atoms with Crippen molar-refractivity contribution in [1.29, 1.82) is 0 Å². The van der Waals surface area contributed by atoms with E-state index in [1.54, 1.807) is 12.1 Å². The minimum absolute atomic E-state index is 0.0600. The van der Waals surface area contributed by atoms with Gasteiger partial charge in [0.1, 0.15) is 0 Å². The maximum atomic E-state index is 13.1. The van der Waals surface area contributed by atoms with Crippen LogP contribution in [0, 0.1) is 0 Å². The molecule has 1 saturated carbocycles. The number of anilines is 1. The highest BCUT2D eigenvalue weighted by Gasteiger charge is 2.41. The van der Waals surface area contributed by atoms with Crippen LogP contribution in [-0.4, -0.2) is 24.2 Å². The molecule has 2 fully saturated rings. The molecule has 5 heteroatoms. The molecule has 2 aliphatic rings. The smallest absolute Gasteiger partial charge is 0.365 e. The minimum atomic E-state index is -4.35. The molecule has 1 aromatic carbocycles. The van der Waals surface area contributed by atoms with Gasteiger partial charge in [0.2, 0.25) is 0 Å². The van der Waals surface area contributed by atoms with Crippen molar-refractivity contribution in [3.8, 4) is 0 Å². The Kier molecular flexibility index (Phi) is 4.41. The van der Waals surface area contributed by atoms with Crippen molar-refractivity contribution >= 4 is 11.8 Å². The fourth-order valence-electron chi connectivity index (χ4n) is 4.18. The summed E-state index contributed by atoms with van der Waals surface area (Å²) in [6.07, 6.45) is 1.55. The molecule has 1 aromatic rings. The van der Waals surface area contributed by atoms with E-state index in [2.05, 4.69) is 30.6 Å². The quantitative estimate of drug-likeness (QED) is 0.829. The average molecular weight is 338 g/mol. The van der Waals surface area contributed by atoms with Gasteiger partial charge in [-0.15, -0.1) is 0 Å². The van der Waals surface area contributed by atoms with Crippen LogP contribution in [0.2, 0.25) is 0 Å². The van der Waals surface area contributed by atoms with Gasteiger partial charge in [-0.05, 0) is 50.5 Å². The van der Waals surface area contributed by atoms with Gasteiger partial charge in [0, 0.05) is 29.9 Å². The fourth-order valence-corrected chi connectivity index (χ4v) is 4.18. The summed E-state index contributed by atoms with van der Waals surface area (Å²) < 4.78 is 39.4. The van der Waals surface area contributed by atoms with E-state index in [-0.39, 0.29) is 11.1 Å². The Morgan fingerprint density at radius 2 is 1.96 bits per heavy atom. The number of piperazine rings is 1. The molecule has 2 atom stereocenters. The molecule has 1 aliphatic carbocycles. The van der Waals surface area contributed by atoms with Crippen LogP contribution in [0.5, 0.6) is 0 Å². The lowest BCUT2D eigenvalue weighted by Crippen LogP contribution is -2.67. The topological polar surface area (TPSA) is 15.3 Å². The molecular weight excluding hydrogens is 313 g/mol. The molecule has 1 saturated heterocycles. The van der Waals surface area contributed by atoms with Crippen LogP contribution in [0.3, 0.4) is 0 Å². The Morgan fingerprint density at radius 1 is 1.25 bits per heavy atom. The van der Waals surface area contributed by atoms with Gasteiger partial charge >= 0.3 is 6.18 Å². The summed E-state index contributed by atoms with van der Waals surface area (Å²) >= 11 is 0. The summed E-state index contributed by atoms with van der Waals surface area (Å²) in [6, 6.07) is 5.20. The van der Waals surface area contributed by atoms with Crippen LogP contribution in [0.4, 0.5) is 18.9 Å². The van der Waals surface area contributed by atoms with Crippen LogP contribution in [0.15, 0.2) is 24.8 Å². The Balaban J connectivity index is 1.98. The maximum absolute atomic E-state index is 13.1. The third kappa shape index (κ3) is 3.32. The van der Waals surface area contributed by atoms with E-state index in [1.807, 2.05) is 0 Å². The van der Waals surface area contributed by atoms with Gasteiger partial charge in [-0.2, -0.15) is 13.2 Å². The molecule has 1 heterocycles. The Labute approximate surface area is 141 Å². The number of nitrogens with one attached hydrogen (secondary N) is 1. The predicted octanol–water partition coefficient (Wildman–Crippen LogP) is 4.85. The third-order valence-electron chi connectivity index (χ3n) is 5.16. The lowest BCUT2D eigenvalue weighted by Gasteiger charge is -2.52. The van der Waals surface area contributed by atoms with Gasteiger partial charge in [-0.25, -0.2) is 0 Å². The second-order valence-electron chi connectivity index (χ2n) is 7.59. The lowest BCUT2D eigenvalue weighted by atomic mass is 9.83. The monoisotopic (exact) mass is 338 g/mol. The van der Waals surface area contributed by atoms with Gasteiger partial charge in [0.25, 0.3) is 0 Å². The zero-order chi connectivity index (χ0) is 17.5. The second-order valence-corrected chi connectivity index (χ2v) is 7.59. The molecule has 1 aliphatic heterocycles. The number of benzene rings is 1. The van der Waals surface area contributed by atoms with Crippen LogP contribution < -0.4 is 10.2 Å².